The van der Waals surface area contributed by atoms with Crippen LogP contribution < -0.4 is 15.4 Å². The van der Waals surface area contributed by atoms with E-state index in [2.05, 4.69) is 25.6 Å². The number of rotatable bonds is 12. The molecule has 1 aliphatic heterocycles. The molecule has 0 atom stereocenters. The number of aromatic nitrogens is 3. The highest BCUT2D eigenvalue weighted by molar-refractivity contribution is 5.96. The maximum Gasteiger partial charge on any atom is 0.433 e. The minimum absolute atomic E-state index is 0.0717. The first-order chi connectivity index (χ1) is 28.9. The lowest BCUT2D eigenvalue weighted by molar-refractivity contribution is -0.143. The lowest BCUT2D eigenvalue weighted by atomic mass is 9.91. The number of carbonyl (C=O) groups is 3. The number of pyridine rings is 1. The van der Waals surface area contributed by atoms with Crippen LogP contribution in [-0.2, 0) is 31.0 Å². The maximum absolute atomic E-state index is 14.7. The molecule has 16 heteroatoms. The molecule has 60 heavy (non-hydrogen) atoms. The molecule has 3 heterocycles. The second-order valence-corrected chi connectivity index (χ2v) is 14.9. The Bertz CT molecular complexity index is 2270. The molecular weight excluding hydrogens is 783 g/mol. The number of hydrogen-bond donors (Lipinski definition) is 2. The van der Waals surface area contributed by atoms with Crippen molar-refractivity contribution in [1.29, 1.82) is 0 Å². The van der Waals surface area contributed by atoms with Crippen LogP contribution in [0.2, 0.25) is 0 Å². The van der Waals surface area contributed by atoms with Crippen LogP contribution in [0.5, 0.6) is 11.6 Å². The molecule has 2 aromatic heterocycles. The first-order valence-corrected chi connectivity index (χ1v) is 19.8. The molecule has 1 saturated carbocycles. The number of ether oxygens (including phenoxy) is 2. The van der Waals surface area contributed by atoms with E-state index in [9.17, 15) is 31.9 Å². The number of nitrogens with one attached hydrogen (secondary N) is 2. The fourth-order valence-corrected chi connectivity index (χ4v) is 7.43. The van der Waals surface area contributed by atoms with Gasteiger partial charge >= 0.3 is 12.3 Å². The number of hydrogen-bond acceptors (Lipinski definition) is 8. The average molecular weight is 828 g/mol. The number of benzene rings is 3. The predicted octanol–water partition coefficient (Wildman–Crippen LogP) is 7.40. The van der Waals surface area contributed by atoms with Crippen molar-refractivity contribution in [3.63, 3.8) is 0 Å². The summed E-state index contributed by atoms with van der Waals surface area (Å²) in [6.07, 6.45) is -1.61. The van der Waals surface area contributed by atoms with E-state index in [0.717, 1.165) is 41.6 Å². The number of halogens is 4. The van der Waals surface area contributed by atoms with Crippen LogP contribution in [0.15, 0.2) is 97.2 Å². The van der Waals surface area contributed by atoms with E-state index in [0.29, 0.717) is 81.3 Å². The van der Waals surface area contributed by atoms with Gasteiger partial charge in [0.1, 0.15) is 29.4 Å². The fourth-order valence-electron chi connectivity index (χ4n) is 7.43. The molecule has 0 bridgehead atoms. The van der Waals surface area contributed by atoms with E-state index in [1.165, 1.54) is 0 Å². The summed E-state index contributed by atoms with van der Waals surface area (Å²) in [4.78, 5) is 47.3. The van der Waals surface area contributed by atoms with E-state index < -0.39 is 29.5 Å². The van der Waals surface area contributed by atoms with Crippen LogP contribution in [0.25, 0.3) is 11.1 Å². The average Bonchev–Trinajstić information content (AvgIpc) is 3.67. The zero-order valence-corrected chi connectivity index (χ0v) is 33.0. The lowest BCUT2D eigenvalue weighted by Crippen LogP contribution is -2.49. The van der Waals surface area contributed by atoms with Crippen LogP contribution in [-0.4, -0.2) is 87.3 Å². The third-order valence-corrected chi connectivity index (χ3v) is 10.8. The van der Waals surface area contributed by atoms with Gasteiger partial charge < -0.3 is 25.0 Å². The summed E-state index contributed by atoms with van der Waals surface area (Å²) in [7, 11) is 1.12. The number of carbonyl (C=O) groups excluding carboxylic acids is 3. The van der Waals surface area contributed by atoms with Crippen LogP contribution in [0.1, 0.15) is 63.4 Å². The predicted molar refractivity (Wildman–Crippen MR) is 214 cm³/mol. The van der Waals surface area contributed by atoms with Gasteiger partial charge in [0.15, 0.2) is 5.69 Å². The number of piperazine rings is 1. The molecule has 3 amide bonds. The van der Waals surface area contributed by atoms with Crippen LogP contribution in [0, 0.1) is 5.82 Å². The highest BCUT2D eigenvalue weighted by atomic mass is 19.4. The fraction of sp³-hybridized carbons (Fsp3) is 0.341. The molecule has 2 N–H and O–H groups in total. The van der Waals surface area contributed by atoms with Gasteiger partial charge in [-0.3, -0.25) is 19.2 Å². The van der Waals surface area contributed by atoms with Crippen molar-refractivity contribution in [2.45, 2.75) is 57.0 Å². The van der Waals surface area contributed by atoms with Gasteiger partial charge in [-0.05, 0) is 66.5 Å². The summed E-state index contributed by atoms with van der Waals surface area (Å²) in [5.74, 6) is -1.63. The summed E-state index contributed by atoms with van der Waals surface area (Å²) < 4.78 is 66.9. The third-order valence-electron chi connectivity index (χ3n) is 10.8. The van der Waals surface area contributed by atoms with Gasteiger partial charge in [0.05, 0.1) is 6.20 Å². The van der Waals surface area contributed by atoms with Crippen molar-refractivity contribution in [3.8, 4) is 22.8 Å². The number of nitrogens with zero attached hydrogens (tertiary/aromatic N) is 5. The highest BCUT2D eigenvalue weighted by Gasteiger charge is 2.36. The SMILES string of the molecule is Cn1nc(C(=O)NC2CCC(NC(=O)c3cc(F)cnc3Oc3cc(-c4ccccc4)ccc3CCN3CCN(C(=O)OCc4ccccc4)CC3)CC2)cc1C(F)(F)F. The molecule has 2 aliphatic rings. The second kappa shape index (κ2) is 18.7. The summed E-state index contributed by atoms with van der Waals surface area (Å²) in [5, 5.41) is 9.41. The first-order valence-electron chi connectivity index (χ1n) is 19.8. The zero-order valence-electron chi connectivity index (χ0n) is 33.0. The molecule has 5 aromatic rings. The molecule has 0 radical (unpaired) electrons. The largest absolute Gasteiger partial charge is 0.445 e. The molecule has 314 valence electrons. The van der Waals surface area contributed by atoms with Crippen molar-refractivity contribution in [3.05, 3.63) is 131 Å². The minimum atomic E-state index is -4.64. The van der Waals surface area contributed by atoms with Crippen molar-refractivity contribution in [1.82, 2.24) is 35.2 Å². The molecule has 1 saturated heterocycles. The van der Waals surface area contributed by atoms with Gasteiger partial charge in [-0.15, -0.1) is 0 Å². The molecule has 1 aliphatic carbocycles. The summed E-state index contributed by atoms with van der Waals surface area (Å²) in [6, 6.07) is 26.2. The Morgan fingerprint density at radius 2 is 1.45 bits per heavy atom. The molecule has 0 spiro atoms. The van der Waals surface area contributed by atoms with Gasteiger partial charge in [-0.2, -0.15) is 18.3 Å². The van der Waals surface area contributed by atoms with Crippen LogP contribution in [0.3, 0.4) is 0 Å². The normalized spacial score (nSPS) is 17.2. The quantitative estimate of drug-likeness (QED) is 0.125. The summed E-state index contributed by atoms with van der Waals surface area (Å²) in [6.45, 7) is 3.24. The Balaban J connectivity index is 0.978. The molecule has 2 fully saturated rings. The third kappa shape index (κ3) is 10.7. The van der Waals surface area contributed by atoms with E-state index in [1.807, 2.05) is 78.9 Å². The van der Waals surface area contributed by atoms with Crippen LogP contribution in [0.4, 0.5) is 22.4 Å². The molecule has 12 nitrogen and oxygen atoms in total. The van der Waals surface area contributed by atoms with Crippen molar-refractivity contribution >= 4 is 17.9 Å². The molecular formula is C44H45F4N7O5. The zero-order chi connectivity index (χ0) is 42.2. The lowest BCUT2D eigenvalue weighted by Gasteiger charge is -2.34. The van der Waals surface area contributed by atoms with E-state index >= 15 is 0 Å². The monoisotopic (exact) mass is 827 g/mol. The van der Waals surface area contributed by atoms with Gasteiger partial charge in [-0.25, -0.2) is 14.2 Å². The molecule has 0 unspecified atom stereocenters. The van der Waals surface area contributed by atoms with Crippen molar-refractivity contribution < 1.29 is 41.4 Å². The Hall–Kier alpha value is -6.29. The number of alkyl halides is 3. The van der Waals surface area contributed by atoms with Crippen molar-refractivity contribution in [2.24, 2.45) is 7.05 Å². The topological polar surface area (TPSA) is 131 Å². The maximum atomic E-state index is 14.7. The standard InChI is InChI=1S/C44H45F4N7O5/c1-53-39(44(46,47)48)26-37(52-53)41(57)51-35-16-14-34(15-17-35)50-40(56)36-25-33(45)27-49-42(36)60-38-24-32(30-10-6-3-7-11-30)13-12-31(38)18-19-54-20-22-55(23-21-54)43(58)59-28-29-8-4-2-5-9-29/h2-13,24-27,34-35H,14-23,28H2,1H3,(H,50,56)(H,51,57). The van der Waals surface area contributed by atoms with Gasteiger partial charge in [-0.1, -0.05) is 72.8 Å². The van der Waals surface area contributed by atoms with Crippen LogP contribution >= 0.6 is 0 Å². The Morgan fingerprint density at radius 1 is 0.800 bits per heavy atom. The number of amides is 3. The van der Waals surface area contributed by atoms with Gasteiger partial charge in [0, 0.05) is 57.9 Å². The Kier molecular flexibility index (Phi) is 13.1. The Labute approximate surface area is 344 Å². The van der Waals surface area contributed by atoms with E-state index in [4.69, 9.17) is 9.47 Å². The highest BCUT2D eigenvalue weighted by Crippen LogP contribution is 2.33. The first kappa shape index (κ1) is 41.9. The Morgan fingerprint density at radius 3 is 2.10 bits per heavy atom. The summed E-state index contributed by atoms with van der Waals surface area (Å²) >= 11 is 0. The van der Waals surface area contributed by atoms with E-state index in [-0.39, 0.29) is 41.9 Å². The van der Waals surface area contributed by atoms with Gasteiger partial charge in [0.2, 0.25) is 5.88 Å². The second-order valence-electron chi connectivity index (χ2n) is 14.9. The van der Waals surface area contributed by atoms with Gasteiger partial charge in [0.25, 0.3) is 11.8 Å². The molecule has 7 rings (SSSR count). The van der Waals surface area contributed by atoms with E-state index in [1.54, 1.807) is 4.90 Å². The minimum Gasteiger partial charge on any atom is -0.445 e. The number of aryl methyl sites for hydroxylation is 1. The molecule has 3 aromatic carbocycles. The smallest absolute Gasteiger partial charge is 0.433 e. The van der Waals surface area contributed by atoms with Crippen molar-refractivity contribution in [2.75, 3.05) is 32.7 Å². The summed E-state index contributed by atoms with van der Waals surface area (Å²) in [5.41, 5.74) is 2.14.